The number of aliphatic hydroxyl groups excluding tert-OH is 1. The van der Waals surface area contributed by atoms with Gasteiger partial charge < -0.3 is 20.4 Å². The Hall–Kier alpha value is -1.30. The van der Waals surface area contributed by atoms with Crippen LogP contribution >= 0.6 is 0 Å². The SMILES string of the molecule is CCC(CC)N(CC(C)C)C(=O)N[C@@H](CO)C(=O)O. The molecule has 0 bridgehead atoms. The molecule has 19 heavy (non-hydrogen) atoms. The molecule has 0 heterocycles. The van der Waals surface area contributed by atoms with Gasteiger partial charge in [-0.15, -0.1) is 0 Å². The van der Waals surface area contributed by atoms with E-state index in [0.29, 0.717) is 12.5 Å². The zero-order valence-corrected chi connectivity index (χ0v) is 12.2. The Kier molecular flexibility index (Phi) is 8.14. The second kappa shape index (κ2) is 8.74. The highest BCUT2D eigenvalue weighted by molar-refractivity contribution is 5.82. The fraction of sp³-hybridized carbons (Fsp3) is 0.846. The van der Waals surface area contributed by atoms with Crippen LogP contribution < -0.4 is 5.32 Å². The van der Waals surface area contributed by atoms with E-state index in [1.54, 1.807) is 4.90 Å². The van der Waals surface area contributed by atoms with E-state index >= 15 is 0 Å². The molecule has 2 amide bonds. The first-order valence-electron chi connectivity index (χ1n) is 6.78. The Labute approximate surface area is 114 Å². The van der Waals surface area contributed by atoms with Crippen LogP contribution in [0.15, 0.2) is 0 Å². The number of rotatable bonds is 8. The van der Waals surface area contributed by atoms with Crippen molar-refractivity contribution in [3.63, 3.8) is 0 Å². The Morgan fingerprint density at radius 3 is 2.05 bits per heavy atom. The summed E-state index contributed by atoms with van der Waals surface area (Å²) in [6, 6.07) is -1.60. The molecule has 0 aromatic carbocycles. The molecule has 0 aliphatic heterocycles. The fourth-order valence-corrected chi connectivity index (χ4v) is 1.94. The quantitative estimate of drug-likeness (QED) is 0.622. The van der Waals surface area contributed by atoms with Crippen molar-refractivity contribution < 1.29 is 19.8 Å². The number of aliphatic hydroxyl groups is 1. The summed E-state index contributed by atoms with van der Waals surface area (Å²) in [5, 5.41) is 20.2. The van der Waals surface area contributed by atoms with Crippen LogP contribution in [0, 0.1) is 5.92 Å². The third-order valence-electron chi connectivity index (χ3n) is 2.98. The molecule has 1 atom stereocenters. The lowest BCUT2D eigenvalue weighted by Crippen LogP contribution is -2.53. The maximum absolute atomic E-state index is 12.2. The van der Waals surface area contributed by atoms with Gasteiger partial charge in [0.25, 0.3) is 0 Å². The topological polar surface area (TPSA) is 89.9 Å². The number of urea groups is 1. The van der Waals surface area contributed by atoms with Gasteiger partial charge in [0, 0.05) is 12.6 Å². The predicted octanol–water partition coefficient (Wildman–Crippen LogP) is 1.29. The lowest BCUT2D eigenvalue weighted by Gasteiger charge is -2.32. The van der Waals surface area contributed by atoms with Crippen LogP contribution in [-0.4, -0.2) is 52.3 Å². The fourth-order valence-electron chi connectivity index (χ4n) is 1.94. The molecule has 0 aromatic rings. The summed E-state index contributed by atoms with van der Waals surface area (Å²) in [6.45, 7) is 7.95. The highest BCUT2D eigenvalue weighted by Crippen LogP contribution is 2.12. The molecule has 0 saturated heterocycles. The Bertz CT molecular complexity index is 290. The van der Waals surface area contributed by atoms with Gasteiger partial charge in [-0.1, -0.05) is 27.7 Å². The van der Waals surface area contributed by atoms with Gasteiger partial charge >= 0.3 is 12.0 Å². The molecule has 0 fully saturated rings. The van der Waals surface area contributed by atoms with Crippen LogP contribution in [0.2, 0.25) is 0 Å². The normalized spacial score (nSPS) is 12.6. The number of carboxylic acids is 1. The monoisotopic (exact) mass is 274 g/mol. The molecular formula is C13H26N2O4. The van der Waals surface area contributed by atoms with Gasteiger partial charge in [-0.2, -0.15) is 0 Å². The molecule has 0 rings (SSSR count). The van der Waals surface area contributed by atoms with Gasteiger partial charge in [-0.05, 0) is 18.8 Å². The smallest absolute Gasteiger partial charge is 0.328 e. The van der Waals surface area contributed by atoms with Crippen molar-refractivity contribution in [3.8, 4) is 0 Å². The average Bonchev–Trinajstić information content (AvgIpc) is 2.34. The van der Waals surface area contributed by atoms with Crippen LogP contribution in [0.1, 0.15) is 40.5 Å². The van der Waals surface area contributed by atoms with E-state index in [2.05, 4.69) is 5.32 Å². The van der Waals surface area contributed by atoms with Gasteiger partial charge in [0.1, 0.15) is 0 Å². The van der Waals surface area contributed by atoms with E-state index in [9.17, 15) is 9.59 Å². The predicted molar refractivity (Wildman–Crippen MR) is 73.0 cm³/mol. The number of nitrogens with one attached hydrogen (secondary N) is 1. The molecule has 3 N–H and O–H groups in total. The average molecular weight is 274 g/mol. The van der Waals surface area contributed by atoms with Gasteiger partial charge in [-0.25, -0.2) is 9.59 Å². The van der Waals surface area contributed by atoms with Gasteiger partial charge in [0.15, 0.2) is 6.04 Å². The third-order valence-corrected chi connectivity index (χ3v) is 2.98. The second-order valence-corrected chi connectivity index (χ2v) is 5.04. The van der Waals surface area contributed by atoms with Gasteiger partial charge in [0.2, 0.25) is 0 Å². The number of carbonyl (C=O) groups is 2. The minimum absolute atomic E-state index is 0.0792. The lowest BCUT2D eigenvalue weighted by molar-refractivity contribution is -0.140. The minimum atomic E-state index is -1.25. The van der Waals surface area contributed by atoms with E-state index in [0.717, 1.165) is 12.8 Å². The second-order valence-electron chi connectivity index (χ2n) is 5.04. The van der Waals surface area contributed by atoms with Crippen LogP contribution in [0.3, 0.4) is 0 Å². The molecule has 112 valence electrons. The number of carboxylic acid groups (broad SMARTS) is 1. The van der Waals surface area contributed by atoms with E-state index in [1.165, 1.54) is 0 Å². The molecule has 0 spiro atoms. The van der Waals surface area contributed by atoms with Gasteiger partial charge in [0.05, 0.1) is 6.61 Å². The largest absolute Gasteiger partial charge is 0.480 e. The van der Waals surface area contributed by atoms with Crippen LogP contribution in [0.25, 0.3) is 0 Å². The number of amides is 2. The molecular weight excluding hydrogens is 248 g/mol. The highest BCUT2D eigenvalue weighted by Gasteiger charge is 2.26. The molecule has 0 aliphatic carbocycles. The minimum Gasteiger partial charge on any atom is -0.480 e. The number of hydrogen-bond donors (Lipinski definition) is 3. The summed E-state index contributed by atoms with van der Waals surface area (Å²) in [4.78, 5) is 24.6. The van der Waals surface area contributed by atoms with Crippen molar-refractivity contribution in [3.05, 3.63) is 0 Å². The van der Waals surface area contributed by atoms with Crippen LogP contribution in [0.5, 0.6) is 0 Å². The zero-order valence-electron chi connectivity index (χ0n) is 12.2. The lowest BCUT2D eigenvalue weighted by atomic mass is 10.1. The molecule has 0 aliphatic rings. The Morgan fingerprint density at radius 1 is 1.21 bits per heavy atom. The third kappa shape index (κ3) is 5.92. The van der Waals surface area contributed by atoms with Crippen LogP contribution in [-0.2, 0) is 4.79 Å². The summed E-state index contributed by atoms with van der Waals surface area (Å²) in [5.41, 5.74) is 0. The number of hydrogen-bond acceptors (Lipinski definition) is 3. The van der Waals surface area contributed by atoms with E-state index in [1.807, 2.05) is 27.7 Å². The number of nitrogens with zero attached hydrogens (tertiary/aromatic N) is 1. The molecule has 6 nitrogen and oxygen atoms in total. The first-order chi connectivity index (χ1) is 8.87. The van der Waals surface area contributed by atoms with Crippen LogP contribution in [0.4, 0.5) is 4.79 Å². The molecule has 0 saturated carbocycles. The standard InChI is InChI=1S/C13H26N2O4/c1-5-10(6-2)15(7-9(3)4)13(19)14-11(8-16)12(17)18/h9-11,16H,5-8H2,1-4H3,(H,14,19)(H,17,18)/t11-/m0/s1. The van der Waals surface area contributed by atoms with E-state index < -0.39 is 24.6 Å². The number of aliphatic carboxylic acids is 1. The van der Waals surface area contributed by atoms with Crippen molar-refractivity contribution >= 4 is 12.0 Å². The zero-order chi connectivity index (χ0) is 15.0. The summed E-state index contributed by atoms with van der Waals surface area (Å²) in [6.07, 6.45) is 1.63. The van der Waals surface area contributed by atoms with Crippen molar-refractivity contribution in [1.29, 1.82) is 0 Å². The molecule has 0 radical (unpaired) electrons. The van der Waals surface area contributed by atoms with E-state index in [-0.39, 0.29) is 6.04 Å². The highest BCUT2D eigenvalue weighted by atomic mass is 16.4. The molecule has 0 unspecified atom stereocenters. The summed E-state index contributed by atoms with van der Waals surface area (Å²) in [7, 11) is 0. The first kappa shape index (κ1) is 17.7. The van der Waals surface area contributed by atoms with Gasteiger partial charge in [-0.3, -0.25) is 0 Å². The molecule has 6 heteroatoms. The van der Waals surface area contributed by atoms with Crippen molar-refractivity contribution in [1.82, 2.24) is 10.2 Å². The van der Waals surface area contributed by atoms with Crippen molar-refractivity contribution in [2.45, 2.75) is 52.6 Å². The molecule has 0 aromatic heterocycles. The maximum Gasteiger partial charge on any atom is 0.328 e. The Balaban J connectivity index is 4.84. The summed E-state index contributed by atoms with van der Waals surface area (Å²) >= 11 is 0. The van der Waals surface area contributed by atoms with Crippen molar-refractivity contribution in [2.75, 3.05) is 13.2 Å². The maximum atomic E-state index is 12.2. The van der Waals surface area contributed by atoms with E-state index in [4.69, 9.17) is 10.2 Å². The van der Waals surface area contributed by atoms with Crippen molar-refractivity contribution in [2.24, 2.45) is 5.92 Å². The summed E-state index contributed by atoms with van der Waals surface area (Å²) in [5.74, 6) is -0.936. The Morgan fingerprint density at radius 2 is 1.74 bits per heavy atom. The summed E-state index contributed by atoms with van der Waals surface area (Å²) < 4.78 is 0. The first-order valence-corrected chi connectivity index (χ1v) is 6.78. The number of carbonyl (C=O) groups excluding carboxylic acids is 1.